The highest BCUT2D eigenvalue weighted by atomic mass is 32.2. The van der Waals surface area contributed by atoms with E-state index in [2.05, 4.69) is 24.9 Å². The number of benzene rings is 4. The minimum atomic E-state index is -3.98. The van der Waals surface area contributed by atoms with E-state index in [-0.39, 0.29) is 22.3 Å². The van der Waals surface area contributed by atoms with Crippen molar-refractivity contribution in [1.29, 1.82) is 0 Å². The van der Waals surface area contributed by atoms with Gasteiger partial charge in [0.2, 0.25) is 5.95 Å². The second-order valence-corrected chi connectivity index (χ2v) is 13.4. The van der Waals surface area contributed by atoms with Crippen molar-refractivity contribution in [1.82, 2.24) is 19.7 Å². The third-order valence-electron chi connectivity index (χ3n) is 7.82. The first-order valence-electron chi connectivity index (χ1n) is 16.2. The van der Waals surface area contributed by atoms with E-state index in [1.165, 1.54) is 32.4 Å². The number of phenols is 2. The number of para-hydroxylation sites is 1. The summed E-state index contributed by atoms with van der Waals surface area (Å²) in [5.41, 5.74) is 5.34. The number of hydrogen-bond donors (Lipinski definition) is 3. The number of nitrogens with one attached hydrogen (secondary N) is 1. The lowest BCUT2D eigenvalue weighted by Crippen LogP contribution is -2.15. The Labute approximate surface area is 306 Å². The first kappa shape index (κ1) is 36.0. The van der Waals surface area contributed by atoms with Crippen molar-refractivity contribution in [2.75, 3.05) is 18.9 Å². The average molecular weight is 730 g/mol. The molecule has 2 aromatic heterocycles. The van der Waals surface area contributed by atoms with Crippen molar-refractivity contribution >= 4 is 51.7 Å². The van der Waals surface area contributed by atoms with Crippen molar-refractivity contribution in [3.8, 4) is 28.7 Å². The number of methoxy groups -OCH3 is 2. The van der Waals surface area contributed by atoms with Gasteiger partial charge in [-0.05, 0) is 104 Å². The Morgan fingerprint density at radius 3 is 1.89 bits per heavy atom. The Balaban J connectivity index is 1.41. The molecule has 0 radical (unpaired) electrons. The number of rotatable bonds is 12. The van der Waals surface area contributed by atoms with E-state index >= 15 is 0 Å². The normalized spacial score (nSPS) is 11.8. The molecule has 0 saturated heterocycles. The molecule has 6 rings (SSSR count). The van der Waals surface area contributed by atoms with Gasteiger partial charge >= 0.3 is 0 Å². The molecular weight excluding hydrogens is 695 g/mol. The molecule has 6 aromatic rings. The standard InChI is InChI=1S/C39H35N7O6S/c1-25-22-26(2)41-39(40-25)45-53(49,50)31-16-14-29(15-17-31)42-43-38-32(18-10-27-12-20-34(47)36(23-27)51-3)44-46(30-8-6-5-7-9-30)33(38)19-11-28-13-21-35(48)37(24-28)52-4/h5-24,47-48H,1-4H3,(H,40,41,45)/b18-10+,19-11+,43-42?. The van der Waals surface area contributed by atoms with E-state index in [1.54, 1.807) is 73.1 Å². The van der Waals surface area contributed by atoms with Gasteiger partial charge in [-0.2, -0.15) is 10.2 Å². The van der Waals surface area contributed by atoms with Crippen LogP contribution in [0.15, 0.2) is 112 Å². The van der Waals surface area contributed by atoms with Gasteiger partial charge < -0.3 is 19.7 Å². The Morgan fingerprint density at radius 1 is 0.717 bits per heavy atom. The van der Waals surface area contributed by atoms with Crippen molar-refractivity contribution in [3.05, 3.63) is 131 Å². The molecule has 53 heavy (non-hydrogen) atoms. The molecule has 0 aliphatic rings. The Bertz CT molecular complexity index is 2440. The zero-order chi connectivity index (χ0) is 37.5. The molecule has 0 aliphatic carbocycles. The molecule has 4 aromatic carbocycles. The Morgan fingerprint density at radius 2 is 1.30 bits per heavy atom. The van der Waals surface area contributed by atoms with E-state index < -0.39 is 10.0 Å². The van der Waals surface area contributed by atoms with Crippen LogP contribution in [0, 0.1) is 13.8 Å². The molecule has 0 fully saturated rings. The molecule has 268 valence electrons. The number of aromatic nitrogens is 4. The molecule has 14 heteroatoms. The van der Waals surface area contributed by atoms with Crippen LogP contribution < -0.4 is 14.2 Å². The fourth-order valence-electron chi connectivity index (χ4n) is 5.27. The maximum Gasteiger partial charge on any atom is 0.264 e. The quantitative estimate of drug-likeness (QED) is 0.105. The highest BCUT2D eigenvalue weighted by Gasteiger charge is 2.18. The predicted octanol–water partition coefficient (Wildman–Crippen LogP) is 8.26. The minimum Gasteiger partial charge on any atom is -0.504 e. The van der Waals surface area contributed by atoms with Crippen LogP contribution in [0.4, 0.5) is 17.3 Å². The van der Waals surface area contributed by atoms with Crippen molar-refractivity contribution in [3.63, 3.8) is 0 Å². The molecule has 0 atom stereocenters. The summed E-state index contributed by atoms with van der Waals surface area (Å²) in [7, 11) is -1.03. The Hall–Kier alpha value is -6.80. The lowest BCUT2D eigenvalue weighted by Gasteiger charge is -2.08. The van der Waals surface area contributed by atoms with Crippen LogP contribution in [0.5, 0.6) is 23.0 Å². The summed E-state index contributed by atoms with van der Waals surface area (Å²) >= 11 is 0. The molecular formula is C39H35N7O6S. The van der Waals surface area contributed by atoms with Gasteiger partial charge in [-0.1, -0.05) is 42.5 Å². The van der Waals surface area contributed by atoms with Gasteiger partial charge in [0.05, 0.1) is 36.2 Å². The van der Waals surface area contributed by atoms with Crippen LogP contribution in [0.25, 0.3) is 30.0 Å². The first-order chi connectivity index (χ1) is 25.5. The fraction of sp³-hybridized carbons (Fsp3) is 0.103. The molecule has 0 bridgehead atoms. The second-order valence-electron chi connectivity index (χ2n) is 11.7. The number of nitrogens with zero attached hydrogens (tertiary/aromatic N) is 6. The van der Waals surface area contributed by atoms with Gasteiger partial charge in [0.25, 0.3) is 10.0 Å². The number of aromatic hydroxyl groups is 2. The highest BCUT2D eigenvalue weighted by Crippen LogP contribution is 2.34. The molecule has 3 N–H and O–H groups in total. The van der Waals surface area contributed by atoms with Crippen molar-refractivity contribution in [2.24, 2.45) is 10.2 Å². The minimum absolute atomic E-state index is 0.00277. The van der Waals surface area contributed by atoms with Crippen molar-refractivity contribution in [2.45, 2.75) is 18.7 Å². The molecule has 13 nitrogen and oxygen atoms in total. The molecule has 0 unspecified atom stereocenters. The monoisotopic (exact) mass is 729 g/mol. The van der Waals surface area contributed by atoms with Crippen LogP contribution in [-0.4, -0.2) is 52.6 Å². The van der Waals surface area contributed by atoms with E-state index in [9.17, 15) is 18.6 Å². The summed E-state index contributed by atoms with van der Waals surface area (Å²) in [6.45, 7) is 3.51. The number of ether oxygens (including phenoxy) is 2. The average Bonchev–Trinajstić information content (AvgIpc) is 3.50. The van der Waals surface area contributed by atoms with Crippen LogP contribution in [0.3, 0.4) is 0 Å². The van der Waals surface area contributed by atoms with Crippen LogP contribution in [0.2, 0.25) is 0 Å². The summed E-state index contributed by atoms with van der Waals surface area (Å²) in [5.74, 6) is 0.647. The van der Waals surface area contributed by atoms with Crippen LogP contribution in [0.1, 0.15) is 33.9 Å². The summed E-state index contributed by atoms with van der Waals surface area (Å²) < 4.78 is 41.0. The first-order valence-corrected chi connectivity index (χ1v) is 17.7. The molecule has 0 amide bonds. The number of azo groups is 1. The zero-order valence-corrected chi connectivity index (χ0v) is 30.0. The fourth-order valence-corrected chi connectivity index (χ4v) is 6.21. The van der Waals surface area contributed by atoms with Gasteiger partial charge in [0.1, 0.15) is 11.4 Å². The van der Waals surface area contributed by atoms with E-state index in [0.717, 1.165) is 16.8 Å². The largest absolute Gasteiger partial charge is 0.504 e. The second kappa shape index (κ2) is 15.6. The van der Waals surface area contributed by atoms with Gasteiger partial charge in [0, 0.05) is 11.4 Å². The van der Waals surface area contributed by atoms with Gasteiger partial charge in [0.15, 0.2) is 23.0 Å². The van der Waals surface area contributed by atoms with E-state index in [1.807, 2.05) is 48.6 Å². The maximum absolute atomic E-state index is 13.1. The number of sulfonamides is 1. The smallest absolute Gasteiger partial charge is 0.264 e. The zero-order valence-electron chi connectivity index (χ0n) is 29.2. The Kier molecular flexibility index (Phi) is 10.6. The topological polar surface area (TPSA) is 173 Å². The lowest BCUT2D eigenvalue weighted by atomic mass is 10.1. The third-order valence-corrected chi connectivity index (χ3v) is 9.16. The number of aryl methyl sites for hydroxylation is 2. The number of phenolic OH excluding ortho intramolecular Hbond substituents is 2. The summed E-state index contributed by atoms with van der Waals surface area (Å²) in [5, 5.41) is 34.3. The summed E-state index contributed by atoms with van der Waals surface area (Å²) in [6.07, 6.45) is 7.25. The SMILES string of the molecule is COc1cc(/C=C/c2nn(-c3ccccc3)c(/C=C/c3ccc(O)c(OC)c3)c2N=Nc2ccc(S(=O)(=O)Nc3nc(C)cc(C)n3)cc2)ccc1O. The highest BCUT2D eigenvalue weighted by molar-refractivity contribution is 7.92. The van der Waals surface area contributed by atoms with Gasteiger partial charge in [-0.25, -0.2) is 27.8 Å². The number of anilines is 1. The molecule has 0 aliphatic heterocycles. The predicted molar refractivity (Wildman–Crippen MR) is 204 cm³/mol. The summed E-state index contributed by atoms with van der Waals surface area (Å²) in [6, 6.07) is 27.1. The van der Waals surface area contributed by atoms with Crippen LogP contribution in [-0.2, 0) is 10.0 Å². The molecule has 2 heterocycles. The van der Waals surface area contributed by atoms with Gasteiger partial charge in [-0.3, -0.25) is 0 Å². The number of hydrogen-bond acceptors (Lipinski definition) is 11. The lowest BCUT2D eigenvalue weighted by molar-refractivity contribution is 0.373. The van der Waals surface area contributed by atoms with E-state index in [4.69, 9.17) is 14.6 Å². The van der Waals surface area contributed by atoms with Crippen molar-refractivity contribution < 1.29 is 28.1 Å². The van der Waals surface area contributed by atoms with Crippen LogP contribution >= 0.6 is 0 Å². The molecule has 0 spiro atoms. The van der Waals surface area contributed by atoms with Gasteiger partial charge in [-0.15, -0.1) is 5.11 Å². The molecule has 0 saturated carbocycles. The summed E-state index contributed by atoms with van der Waals surface area (Å²) in [4.78, 5) is 8.34. The van der Waals surface area contributed by atoms with E-state index in [0.29, 0.717) is 45.6 Å². The maximum atomic E-state index is 13.1. The third kappa shape index (κ3) is 8.57.